The van der Waals surface area contributed by atoms with E-state index in [1.54, 1.807) is 11.8 Å². The van der Waals surface area contributed by atoms with Crippen LogP contribution in [0.4, 0.5) is 0 Å². The average Bonchev–Trinajstić information content (AvgIpc) is 2.55. The summed E-state index contributed by atoms with van der Waals surface area (Å²) in [4.78, 5) is 1.31. The van der Waals surface area contributed by atoms with Gasteiger partial charge in [0, 0.05) is 10.8 Å². The summed E-state index contributed by atoms with van der Waals surface area (Å²) in [5.41, 5.74) is 3.97. The molecular formula is C19H24OS. The van der Waals surface area contributed by atoms with Crippen molar-refractivity contribution in [1.29, 1.82) is 0 Å². The lowest BCUT2D eigenvalue weighted by Gasteiger charge is -2.13. The number of benzene rings is 2. The standard InChI is InChI=1S/C19H24OS/c1-4-16-5-7-17(8-6-16)14-20-13-15(2)18-9-11-19(21-3)12-10-18/h5-12,15H,4,13-14H2,1-3H3. The van der Waals surface area contributed by atoms with Crippen molar-refractivity contribution in [3.8, 4) is 0 Å². The van der Waals surface area contributed by atoms with Gasteiger partial charge in [-0.3, -0.25) is 0 Å². The van der Waals surface area contributed by atoms with Crippen LogP contribution in [0.1, 0.15) is 36.5 Å². The summed E-state index contributed by atoms with van der Waals surface area (Å²) < 4.78 is 5.86. The summed E-state index contributed by atoms with van der Waals surface area (Å²) in [5, 5.41) is 0. The van der Waals surface area contributed by atoms with Crippen LogP contribution in [0.15, 0.2) is 53.4 Å². The summed E-state index contributed by atoms with van der Waals surface area (Å²) >= 11 is 1.78. The quantitative estimate of drug-likeness (QED) is 0.642. The summed E-state index contributed by atoms with van der Waals surface area (Å²) in [6, 6.07) is 17.5. The van der Waals surface area contributed by atoms with Gasteiger partial charge in [-0.2, -0.15) is 0 Å². The molecule has 0 fully saturated rings. The molecule has 1 unspecified atom stereocenters. The van der Waals surface area contributed by atoms with Crippen molar-refractivity contribution >= 4 is 11.8 Å². The number of ether oxygens (including phenoxy) is 1. The fraction of sp³-hybridized carbons (Fsp3) is 0.368. The molecule has 2 aromatic rings. The summed E-state index contributed by atoms with van der Waals surface area (Å²) in [6.07, 6.45) is 3.19. The van der Waals surface area contributed by atoms with E-state index >= 15 is 0 Å². The topological polar surface area (TPSA) is 9.23 Å². The van der Waals surface area contributed by atoms with Gasteiger partial charge >= 0.3 is 0 Å². The van der Waals surface area contributed by atoms with E-state index in [-0.39, 0.29) is 0 Å². The SMILES string of the molecule is CCc1ccc(COCC(C)c2ccc(SC)cc2)cc1. The Bertz CT molecular complexity index is 530. The number of rotatable bonds is 7. The molecule has 0 spiro atoms. The minimum Gasteiger partial charge on any atom is -0.376 e. The van der Waals surface area contributed by atoms with Crippen molar-refractivity contribution in [3.05, 3.63) is 65.2 Å². The lowest BCUT2D eigenvalue weighted by molar-refractivity contribution is 0.110. The van der Waals surface area contributed by atoms with E-state index in [0.29, 0.717) is 12.5 Å². The Balaban J connectivity index is 1.81. The Labute approximate surface area is 132 Å². The molecule has 1 nitrogen and oxygen atoms in total. The zero-order chi connectivity index (χ0) is 15.1. The minimum atomic E-state index is 0.427. The normalized spacial score (nSPS) is 12.3. The highest BCUT2D eigenvalue weighted by Gasteiger charge is 2.06. The lowest BCUT2D eigenvalue weighted by Crippen LogP contribution is -2.04. The van der Waals surface area contributed by atoms with Crippen molar-refractivity contribution in [3.63, 3.8) is 0 Å². The van der Waals surface area contributed by atoms with Gasteiger partial charge in [-0.05, 0) is 41.5 Å². The van der Waals surface area contributed by atoms with E-state index in [1.165, 1.54) is 21.6 Å². The van der Waals surface area contributed by atoms with Gasteiger partial charge in [0.15, 0.2) is 0 Å². The lowest BCUT2D eigenvalue weighted by atomic mass is 10.0. The van der Waals surface area contributed by atoms with Crippen LogP contribution >= 0.6 is 11.8 Å². The number of hydrogen-bond acceptors (Lipinski definition) is 2. The Morgan fingerprint density at radius 3 is 2.14 bits per heavy atom. The molecule has 0 bridgehead atoms. The third-order valence-electron chi connectivity index (χ3n) is 3.75. The van der Waals surface area contributed by atoms with Crippen molar-refractivity contribution in [2.24, 2.45) is 0 Å². The van der Waals surface area contributed by atoms with Crippen LogP contribution in [-0.2, 0) is 17.8 Å². The molecule has 0 radical (unpaired) electrons. The number of thioether (sulfide) groups is 1. The van der Waals surface area contributed by atoms with E-state index in [2.05, 4.69) is 68.6 Å². The largest absolute Gasteiger partial charge is 0.376 e. The minimum absolute atomic E-state index is 0.427. The Morgan fingerprint density at radius 1 is 0.952 bits per heavy atom. The summed E-state index contributed by atoms with van der Waals surface area (Å²) in [7, 11) is 0. The summed E-state index contributed by atoms with van der Waals surface area (Å²) in [6.45, 7) is 5.84. The van der Waals surface area contributed by atoms with Gasteiger partial charge in [0.25, 0.3) is 0 Å². The molecule has 2 rings (SSSR count). The van der Waals surface area contributed by atoms with E-state index < -0.39 is 0 Å². The number of hydrogen-bond donors (Lipinski definition) is 0. The Hall–Kier alpha value is -1.25. The molecule has 0 aliphatic heterocycles. The van der Waals surface area contributed by atoms with Crippen LogP contribution in [0.5, 0.6) is 0 Å². The van der Waals surface area contributed by atoms with Gasteiger partial charge in [0.1, 0.15) is 0 Å². The second kappa shape index (κ2) is 8.26. The molecule has 0 N–H and O–H groups in total. The smallest absolute Gasteiger partial charge is 0.0717 e. The predicted molar refractivity (Wildman–Crippen MR) is 92.1 cm³/mol. The van der Waals surface area contributed by atoms with Crippen LogP contribution in [0.2, 0.25) is 0 Å². The van der Waals surface area contributed by atoms with Gasteiger partial charge in [-0.15, -0.1) is 11.8 Å². The molecule has 0 saturated heterocycles. The van der Waals surface area contributed by atoms with E-state index in [9.17, 15) is 0 Å². The molecule has 1 atom stereocenters. The van der Waals surface area contributed by atoms with Crippen LogP contribution < -0.4 is 0 Å². The Morgan fingerprint density at radius 2 is 1.57 bits per heavy atom. The monoisotopic (exact) mass is 300 g/mol. The second-order valence-electron chi connectivity index (χ2n) is 5.36. The van der Waals surface area contributed by atoms with Gasteiger partial charge in [-0.25, -0.2) is 0 Å². The van der Waals surface area contributed by atoms with Crippen LogP contribution in [0.25, 0.3) is 0 Å². The highest BCUT2D eigenvalue weighted by Crippen LogP contribution is 2.20. The highest BCUT2D eigenvalue weighted by molar-refractivity contribution is 7.98. The average molecular weight is 300 g/mol. The zero-order valence-corrected chi connectivity index (χ0v) is 14.0. The maximum atomic E-state index is 5.86. The summed E-state index contributed by atoms with van der Waals surface area (Å²) in [5.74, 6) is 0.427. The van der Waals surface area contributed by atoms with Crippen LogP contribution in [-0.4, -0.2) is 12.9 Å². The van der Waals surface area contributed by atoms with Crippen LogP contribution in [0.3, 0.4) is 0 Å². The fourth-order valence-corrected chi connectivity index (χ4v) is 2.66. The van der Waals surface area contributed by atoms with E-state index in [0.717, 1.165) is 13.0 Å². The first kappa shape index (κ1) is 16.1. The first-order valence-electron chi connectivity index (χ1n) is 7.52. The molecule has 0 aliphatic carbocycles. The molecule has 0 heterocycles. The second-order valence-corrected chi connectivity index (χ2v) is 6.24. The van der Waals surface area contributed by atoms with E-state index in [1.807, 2.05) is 0 Å². The zero-order valence-electron chi connectivity index (χ0n) is 13.1. The van der Waals surface area contributed by atoms with Gasteiger partial charge in [-0.1, -0.05) is 50.2 Å². The van der Waals surface area contributed by atoms with Crippen molar-refractivity contribution in [2.45, 2.75) is 37.7 Å². The Kier molecular flexibility index (Phi) is 6.34. The molecule has 112 valence electrons. The molecule has 2 heteroatoms. The molecule has 0 saturated carbocycles. The molecule has 2 aromatic carbocycles. The molecule has 0 amide bonds. The molecule has 0 aliphatic rings. The third-order valence-corrected chi connectivity index (χ3v) is 4.50. The number of aryl methyl sites for hydroxylation is 1. The first-order chi connectivity index (χ1) is 10.2. The van der Waals surface area contributed by atoms with Crippen molar-refractivity contribution in [1.82, 2.24) is 0 Å². The highest BCUT2D eigenvalue weighted by atomic mass is 32.2. The van der Waals surface area contributed by atoms with Crippen molar-refractivity contribution in [2.75, 3.05) is 12.9 Å². The predicted octanol–water partition coefficient (Wildman–Crippen LogP) is 5.29. The van der Waals surface area contributed by atoms with Crippen molar-refractivity contribution < 1.29 is 4.74 Å². The van der Waals surface area contributed by atoms with Gasteiger partial charge in [0.2, 0.25) is 0 Å². The fourth-order valence-electron chi connectivity index (χ4n) is 2.25. The third kappa shape index (κ3) is 4.90. The molecule has 21 heavy (non-hydrogen) atoms. The van der Waals surface area contributed by atoms with Crippen LogP contribution in [0, 0.1) is 0 Å². The molecule has 0 aromatic heterocycles. The maximum absolute atomic E-state index is 5.86. The maximum Gasteiger partial charge on any atom is 0.0717 e. The first-order valence-corrected chi connectivity index (χ1v) is 8.75. The van der Waals surface area contributed by atoms with E-state index in [4.69, 9.17) is 4.74 Å². The van der Waals surface area contributed by atoms with Gasteiger partial charge in [0.05, 0.1) is 13.2 Å². The molecular weight excluding hydrogens is 276 g/mol. The van der Waals surface area contributed by atoms with Gasteiger partial charge < -0.3 is 4.74 Å².